The average molecular weight is 348 g/mol. The van der Waals surface area contributed by atoms with Crippen LogP contribution in [0.15, 0.2) is 30.3 Å². The SMILES string of the molecule is CC(C)(C)OC(=O)NC(C)(C)C1C[C@@H](CO)N(Cc2ccccc2)C1. The summed E-state index contributed by atoms with van der Waals surface area (Å²) in [5.41, 5.74) is 0.323. The Labute approximate surface area is 151 Å². The molecule has 2 rings (SSSR count). The van der Waals surface area contributed by atoms with Gasteiger partial charge in [0.15, 0.2) is 0 Å². The minimum absolute atomic E-state index is 0.116. The van der Waals surface area contributed by atoms with Gasteiger partial charge in [-0.1, -0.05) is 30.3 Å². The number of ether oxygens (including phenoxy) is 1. The highest BCUT2D eigenvalue weighted by Gasteiger charge is 2.41. The summed E-state index contributed by atoms with van der Waals surface area (Å²) in [6.07, 6.45) is 0.464. The lowest BCUT2D eigenvalue weighted by molar-refractivity contribution is 0.0437. The standard InChI is InChI=1S/C20H32N2O3/c1-19(2,3)25-18(24)21-20(4,5)16-11-17(14-23)22(13-16)12-15-9-7-6-8-10-15/h6-10,16-17,23H,11-14H2,1-5H3,(H,21,24)/t16?,17-/m0/s1. The summed E-state index contributed by atoms with van der Waals surface area (Å²) < 4.78 is 5.40. The quantitative estimate of drug-likeness (QED) is 0.858. The molecule has 0 spiro atoms. The van der Waals surface area contributed by atoms with Crippen molar-refractivity contribution in [2.45, 2.75) is 64.8 Å². The predicted octanol–water partition coefficient (Wildman–Crippen LogP) is 3.17. The molecule has 0 bridgehead atoms. The van der Waals surface area contributed by atoms with Crippen LogP contribution >= 0.6 is 0 Å². The minimum atomic E-state index is -0.511. The summed E-state index contributed by atoms with van der Waals surface area (Å²) in [5.74, 6) is 0.251. The van der Waals surface area contributed by atoms with Crippen LogP contribution in [0.3, 0.4) is 0 Å². The van der Waals surface area contributed by atoms with Gasteiger partial charge >= 0.3 is 6.09 Å². The number of amides is 1. The Morgan fingerprint density at radius 2 is 1.88 bits per heavy atom. The van der Waals surface area contributed by atoms with Crippen molar-refractivity contribution in [3.63, 3.8) is 0 Å². The third-order valence-corrected chi connectivity index (χ3v) is 4.81. The van der Waals surface area contributed by atoms with Gasteiger partial charge in [-0.05, 0) is 52.5 Å². The number of alkyl carbamates (subject to hydrolysis) is 1. The first kappa shape index (κ1) is 19.7. The molecule has 1 fully saturated rings. The molecule has 1 aliphatic rings. The van der Waals surface area contributed by atoms with Crippen molar-refractivity contribution >= 4 is 6.09 Å². The van der Waals surface area contributed by atoms with Gasteiger partial charge < -0.3 is 15.2 Å². The van der Waals surface area contributed by atoms with Gasteiger partial charge in [0.05, 0.1) is 6.61 Å². The molecule has 1 aromatic rings. The summed E-state index contributed by atoms with van der Waals surface area (Å²) >= 11 is 0. The number of nitrogens with one attached hydrogen (secondary N) is 1. The highest BCUT2D eigenvalue weighted by molar-refractivity contribution is 5.68. The van der Waals surface area contributed by atoms with Crippen molar-refractivity contribution in [3.8, 4) is 0 Å². The number of hydrogen-bond donors (Lipinski definition) is 2. The molecule has 0 aliphatic carbocycles. The van der Waals surface area contributed by atoms with Gasteiger partial charge in [-0.15, -0.1) is 0 Å². The smallest absolute Gasteiger partial charge is 0.408 e. The Balaban J connectivity index is 2.00. The van der Waals surface area contributed by atoms with Crippen molar-refractivity contribution in [3.05, 3.63) is 35.9 Å². The second-order valence-electron chi connectivity index (χ2n) is 8.53. The maximum atomic E-state index is 12.2. The summed E-state index contributed by atoms with van der Waals surface area (Å²) in [5, 5.41) is 12.8. The molecule has 0 radical (unpaired) electrons. The van der Waals surface area contributed by atoms with Crippen LogP contribution in [-0.2, 0) is 11.3 Å². The molecule has 1 amide bonds. The number of carbonyl (C=O) groups excluding carboxylic acids is 1. The Hall–Kier alpha value is -1.59. The van der Waals surface area contributed by atoms with Crippen LogP contribution in [-0.4, -0.2) is 46.4 Å². The van der Waals surface area contributed by atoms with E-state index in [2.05, 4.69) is 22.3 Å². The van der Waals surface area contributed by atoms with E-state index >= 15 is 0 Å². The lowest BCUT2D eigenvalue weighted by atomic mass is 9.85. The molecular weight excluding hydrogens is 316 g/mol. The summed E-state index contributed by atoms with van der Waals surface area (Å²) in [7, 11) is 0. The maximum absolute atomic E-state index is 12.2. The van der Waals surface area contributed by atoms with E-state index in [-0.39, 0.29) is 24.7 Å². The third-order valence-electron chi connectivity index (χ3n) is 4.81. The summed E-state index contributed by atoms with van der Waals surface area (Å²) in [4.78, 5) is 14.5. The molecule has 2 N–H and O–H groups in total. The third kappa shape index (κ3) is 5.72. The first-order valence-corrected chi connectivity index (χ1v) is 9.01. The fourth-order valence-corrected chi connectivity index (χ4v) is 3.38. The van der Waals surface area contributed by atoms with Gasteiger partial charge in [-0.2, -0.15) is 0 Å². The number of hydrogen-bond acceptors (Lipinski definition) is 4. The molecule has 5 nitrogen and oxygen atoms in total. The minimum Gasteiger partial charge on any atom is -0.444 e. The van der Waals surface area contributed by atoms with Crippen LogP contribution in [0.5, 0.6) is 0 Å². The first-order valence-electron chi connectivity index (χ1n) is 9.01. The predicted molar refractivity (Wildman–Crippen MR) is 99.3 cm³/mol. The molecule has 0 saturated carbocycles. The zero-order chi connectivity index (χ0) is 18.7. The number of aliphatic hydroxyl groups is 1. The van der Waals surface area contributed by atoms with Crippen LogP contribution in [0.2, 0.25) is 0 Å². The van der Waals surface area contributed by atoms with Gasteiger partial charge in [0, 0.05) is 24.7 Å². The lowest BCUT2D eigenvalue weighted by Gasteiger charge is -2.33. The largest absolute Gasteiger partial charge is 0.444 e. The van der Waals surface area contributed by atoms with E-state index in [1.54, 1.807) is 0 Å². The Morgan fingerprint density at radius 3 is 2.44 bits per heavy atom. The van der Waals surface area contributed by atoms with Crippen molar-refractivity contribution in [1.82, 2.24) is 10.2 Å². The number of nitrogens with zero attached hydrogens (tertiary/aromatic N) is 1. The Kier molecular flexibility index (Phi) is 6.12. The molecule has 1 aromatic carbocycles. The fraction of sp³-hybridized carbons (Fsp3) is 0.650. The topological polar surface area (TPSA) is 61.8 Å². The van der Waals surface area contributed by atoms with Crippen molar-refractivity contribution in [2.24, 2.45) is 5.92 Å². The van der Waals surface area contributed by atoms with E-state index in [0.717, 1.165) is 19.5 Å². The van der Waals surface area contributed by atoms with Gasteiger partial charge in [0.1, 0.15) is 5.60 Å². The summed E-state index contributed by atoms with van der Waals surface area (Å²) in [6.45, 7) is 11.4. The normalized spacial score (nSPS) is 22.0. The molecule has 25 heavy (non-hydrogen) atoms. The second-order valence-corrected chi connectivity index (χ2v) is 8.53. The van der Waals surface area contributed by atoms with Gasteiger partial charge in [-0.25, -0.2) is 4.79 Å². The van der Waals surface area contributed by atoms with Crippen LogP contribution in [0.4, 0.5) is 4.79 Å². The van der Waals surface area contributed by atoms with Gasteiger partial charge in [0.25, 0.3) is 0 Å². The number of aliphatic hydroxyl groups excluding tert-OH is 1. The van der Waals surface area contributed by atoms with Crippen molar-refractivity contribution in [1.29, 1.82) is 0 Å². The van der Waals surface area contributed by atoms with E-state index in [1.807, 2.05) is 52.8 Å². The van der Waals surface area contributed by atoms with E-state index < -0.39 is 11.1 Å². The number of benzene rings is 1. The van der Waals surface area contributed by atoms with E-state index in [4.69, 9.17) is 4.74 Å². The van der Waals surface area contributed by atoms with E-state index in [0.29, 0.717) is 0 Å². The maximum Gasteiger partial charge on any atom is 0.408 e. The highest BCUT2D eigenvalue weighted by Crippen LogP contribution is 2.32. The van der Waals surface area contributed by atoms with Crippen molar-refractivity contribution < 1.29 is 14.6 Å². The van der Waals surface area contributed by atoms with Gasteiger partial charge in [0.2, 0.25) is 0 Å². The highest BCUT2D eigenvalue weighted by atomic mass is 16.6. The molecular formula is C20H32N2O3. The molecule has 140 valence electrons. The zero-order valence-electron chi connectivity index (χ0n) is 16.1. The molecule has 1 heterocycles. The van der Waals surface area contributed by atoms with Gasteiger partial charge in [-0.3, -0.25) is 4.90 Å². The molecule has 1 aliphatic heterocycles. The van der Waals surface area contributed by atoms with E-state index in [1.165, 1.54) is 5.56 Å². The summed E-state index contributed by atoms with van der Waals surface area (Å²) in [6, 6.07) is 10.4. The monoisotopic (exact) mass is 348 g/mol. The molecule has 5 heteroatoms. The number of likely N-dealkylation sites (tertiary alicyclic amines) is 1. The zero-order valence-corrected chi connectivity index (χ0v) is 16.1. The lowest BCUT2D eigenvalue weighted by Crippen LogP contribution is -2.51. The Bertz CT molecular complexity index is 566. The molecule has 1 saturated heterocycles. The molecule has 2 atom stereocenters. The number of carbonyl (C=O) groups is 1. The van der Waals surface area contributed by atoms with Crippen LogP contribution in [0.1, 0.15) is 46.6 Å². The molecule has 0 aromatic heterocycles. The van der Waals surface area contributed by atoms with Crippen LogP contribution in [0, 0.1) is 5.92 Å². The first-order chi connectivity index (χ1) is 11.6. The van der Waals surface area contributed by atoms with Crippen molar-refractivity contribution in [2.75, 3.05) is 13.2 Å². The van der Waals surface area contributed by atoms with E-state index in [9.17, 15) is 9.90 Å². The number of rotatable bonds is 5. The second kappa shape index (κ2) is 7.75. The fourth-order valence-electron chi connectivity index (χ4n) is 3.38. The molecule has 1 unspecified atom stereocenters. The Morgan fingerprint density at radius 1 is 1.24 bits per heavy atom. The average Bonchev–Trinajstić information content (AvgIpc) is 2.89. The van der Waals surface area contributed by atoms with Crippen LogP contribution in [0.25, 0.3) is 0 Å². The van der Waals surface area contributed by atoms with Crippen LogP contribution < -0.4 is 5.32 Å².